The molecule has 3 aromatic rings. The highest BCUT2D eigenvalue weighted by Gasteiger charge is 2.35. The van der Waals surface area contributed by atoms with Crippen LogP contribution < -0.4 is 10.9 Å². The zero-order chi connectivity index (χ0) is 22.8. The van der Waals surface area contributed by atoms with Crippen LogP contribution in [0.1, 0.15) is 34.6 Å². The molecule has 2 aromatic heterocycles. The molecule has 0 aliphatic heterocycles. The Kier molecular flexibility index (Phi) is 6.37. The summed E-state index contributed by atoms with van der Waals surface area (Å²) in [5.41, 5.74) is -1.80. The van der Waals surface area contributed by atoms with Gasteiger partial charge in [-0.15, -0.1) is 5.10 Å². The molecule has 0 saturated heterocycles. The number of aliphatic hydroxyl groups is 1. The van der Waals surface area contributed by atoms with Crippen LogP contribution in [0.4, 0.5) is 13.2 Å². The van der Waals surface area contributed by atoms with Crippen LogP contribution in [0.5, 0.6) is 0 Å². The molecule has 3 rings (SSSR count). The molecule has 1 aromatic carbocycles. The first-order valence-electron chi connectivity index (χ1n) is 8.81. The van der Waals surface area contributed by atoms with Crippen molar-refractivity contribution in [2.75, 3.05) is 6.61 Å². The van der Waals surface area contributed by atoms with Gasteiger partial charge in [0, 0.05) is 17.7 Å². The minimum Gasteiger partial charge on any atom is -0.390 e. The minimum atomic E-state index is -3.78. The summed E-state index contributed by atoms with van der Waals surface area (Å²) in [6, 6.07) is 5.81. The highest BCUT2D eigenvalue weighted by atomic mass is 35.5. The van der Waals surface area contributed by atoms with Gasteiger partial charge >= 0.3 is 0 Å². The molecule has 12 heteroatoms. The van der Waals surface area contributed by atoms with Gasteiger partial charge in [0.1, 0.15) is 18.1 Å². The van der Waals surface area contributed by atoms with Crippen molar-refractivity contribution in [2.24, 2.45) is 0 Å². The lowest BCUT2D eigenvalue weighted by Gasteiger charge is -2.20. The normalized spacial score (nSPS) is 12.5. The number of carbonyl (C=O) groups is 1. The lowest BCUT2D eigenvalue weighted by atomic mass is 10.0. The number of hydrogen-bond acceptors (Lipinski definition) is 6. The number of nitrogens with zero attached hydrogens (tertiary/aromatic N) is 4. The summed E-state index contributed by atoms with van der Waals surface area (Å²) in [6.45, 7) is -0.173. The fraction of sp³-hybridized carbons (Fsp3) is 0.211. The molecule has 2 N–H and O–H groups in total. The van der Waals surface area contributed by atoms with E-state index in [0.29, 0.717) is 0 Å². The van der Waals surface area contributed by atoms with Crippen LogP contribution in [-0.4, -0.2) is 37.6 Å². The number of aromatic nitrogens is 4. The zero-order valence-electron chi connectivity index (χ0n) is 15.9. The van der Waals surface area contributed by atoms with Gasteiger partial charge in [-0.05, 0) is 19.1 Å². The van der Waals surface area contributed by atoms with Crippen molar-refractivity contribution in [3.63, 3.8) is 0 Å². The predicted octanol–water partition coefficient (Wildman–Crippen LogP) is 2.39. The van der Waals surface area contributed by atoms with E-state index in [-0.39, 0.29) is 22.1 Å². The van der Waals surface area contributed by atoms with Crippen LogP contribution in [0.25, 0.3) is 5.69 Å². The smallest absolute Gasteiger partial charge is 0.298 e. The topological polar surface area (TPSA) is 110 Å². The third-order valence-corrected chi connectivity index (χ3v) is 4.51. The molecule has 0 aliphatic carbocycles. The summed E-state index contributed by atoms with van der Waals surface area (Å²) < 4.78 is 43.0. The highest BCUT2D eigenvalue weighted by Crippen LogP contribution is 2.32. The quantitative estimate of drug-likeness (QED) is 0.593. The van der Waals surface area contributed by atoms with Gasteiger partial charge in [0.2, 0.25) is 0 Å². The molecule has 0 unspecified atom stereocenters. The van der Waals surface area contributed by atoms with Crippen molar-refractivity contribution < 1.29 is 23.1 Å². The predicted molar refractivity (Wildman–Crippen MR) is 104 cm³/mol. The number of rotatable bonds is 6. The number of aliphatic hydroxyl groups excluding tert-OH is 1. The molecule has 162 valence electrons. The van der Waals surface area contributed by atoms with E-state index in [4.69, 9.17) is 16.7 Å². The van der Waals surface area contributed by atoms with E-state index in [1.54, 1.807) is 0 Å². The molecule has 31 heavy (non-hydrogen) atoms. The Labute approximate surface area is 178 Å². The summed E-state index contributed by atoms with van der Waals surface area (Å²) in [5.74, 6) is -5.81. The van der Waals surface area contributed by atoms with Gasteiger partial charge in [-0.25, -0.2) is 4.39 Å². The Hall–Kier alpha value is -3.31. The summed E-state index contributed by atoms with van der Waals surface area (Å²) in [6.07, 6.45) is 1.22. The second kappa shape index (κ2) is 8.82. The monoisotopic (exact) mass is 453 g/mol. The van der Waals surface area contributed by atoms with Crippen LogP contribution in [0.15, 0.2) is 47.4 Å². The molecular weight excluding hydrogens is 439 g/mol. The van der Waals surface area contributed by atoms with Crippen molar-refractivity contribution >= 4 is 17.5 Å². The molecule has 0 saturated carbocycles. The van der Waals surface area contributed by atoms with E-state index in [1.807, 2.05) is 0 Å². The van der Waals surface area contributed by atoms with E-state index in [2.05, 4.69) is 20.6 Å². The standard InChI is InChI=1S/C19H15ClF3N5O3/c1-10(12-3-2-4-13(17(12)21)19(22,23)9-29)25-18(31)14-5-6-16(30)28(27-14)11-7-15(20)26-24-8-11/h2-8,10,29H,9H2,1H3,(H,25,31)/t10-/m1/s1. The summed E-state index contributed by atoms with van der Waals surface area (Å²) in [7, 11) is 0. The number of halogens is 4. The van der Waals surface area contributed by atoms with Gasteiger partial charge < -0.3 is 10.4 Å². The third-order valence-electron chi connectivity index (χ3n) is 4.32. The van der Waals surface area contributed by atoms with Crippen LogP contribution in [-0.2, 0) is 5.92 Å². The first-order chi connectivity index (χ1) is 14.6. The van der Waals surface area contributed by atoms with Crippen LogP contribution >= 0.6 is 11.6 Å². The molecule has 0 fully saturated rings. The maximum Gasteiger partial charge on any atom is 0.298 e. The van der Waals surface area contributed by atoms with Crippen LogP contribution in [0.2, 0.25) is 5.15 Å². The van der Waals surface area contributed by atoms with Gasteiger partial charge in [0.05, 0.1) is 23.5 Å². The Bertz CT molecular complexity index is 1190. The van der Waals surface area contributed by atoms with E-state index >= 15 is 0 Å². The van der Waals surface area contributed by atoms with E-state index in [1.165, 1.54) is 31.3 Å². The van der Waals surface area contributed by atoms with Gasteiger partial charge in [0.25, 0.3) is 17.4 Å². The van der Waals surface area contributed by atoms with Gasteiger partial charge in [-0.2, -0.15) is 23.7 Å². The minimum absolute atomic E-state index is 0.00437. The lowest BCUT2D eigenvalue weighted by Crippen LogP contribution is -2.31. The van der Waals surface area contributed by atoms with E-state index in [9.17, 15) is 22.8 Å². The summed E-state index contributed by atoms with van der Waals surface area (Å²) in [5, 5.41) is 22.4. The summed E-state index contributed by atoms with van der Waals surface area (Å²) in [4.78, 5) is 24.7. The SMILES string of the molecule is C[C@@H](NC(=O)c1ccc(=O)n(-c2cnnc(Cl)c2)n1)c1cccc(C(F)(F)CO)c1F. The molecule has 0 bridgehead atoms. The third kappa shape index (κ3) is 4.72. The average molecular weight is 454 g/mol. The number of nitrogens with one attached hydrogen (secondary N) is 1. The summed E-state index contributed by atoms with van der Waals surface area (Å²) >= 11 is 5.76. The number of benzene rings is 1. The first kappa shape index (κ1) is 22.4. The fourth-order valence-corrected chi connectivity index (χ4v) is 2.92. The molecule has 1 atom stereocenters. The molecule has 0 aliphatic rings. The number of amides is 1. The van der Waals surface area contributed by atoms with Crippen LogP contribution in [0.3, 0.4) is 0 Å². The fourth-order valence-electron chi connectivity index (χ4n) is 2.76. The maximum absolute atomic E-state index is 14.6. The Balaban J connectivity index is 1.88. The molecular formula is C19H15ClF3N5O3. The van der Waals surface area contributed by atoms with Crippen molar-refractivity contribution in [1.82, 2.24) is 25.3 Å². The van der Waals surface area contributed by atoms with Gasteiger partial charge in [-0.1, -0.05) is 23.7 Å². The Morgan fingerprint density at radius 1 is 1.32 bits per heavy atom. The molecule has 0 radical (unpaired) electrons. The Morgan fingerprint density at radius 2 is 2.06 bits per heavy atom. The second-order valence-corrected chi connectivity index (χ2v) is 6.86. The van der Waals surface area contributed by atoms with Gasteiger partial charge in [-0.3, -0.25) is 9.59 Å². The second-order valence-electron chi connectivity index (χ2n) is 6.47. The molecule has 2 heterocycles. The lowest BCUT2D eigenvalue weighted by molar-refractivity contribution is -0.0584. The van der Waals surface area contributed by atoms with Gasteiger partial charge in [0.15, 0.2) is 5.15 Å². The van der Waals surface area contributed by atoms with Crippen molar-refractivity contribution in [2.45, 2.75) is 18.9 Å². The largest absolute Gasteiger partial charge is 0.390 e. The van der Waals surface area contributed by atoms with E-state index < -0.39 is 41.4 Å². The highest BCUT2D eigenvalue weighted by molar-refractivity contribution is 6.29. The van der Waals surface area contributed by atoms with E-state index in [0.717, 1.165) is 22.9 Å². The maximum atomic E-state index is 14.6. The van der Waals surface area contributed by atoms with Crippen molar-refractivity contribution in [3.8, 4) is 5.69 Å². The molecule has 8 nitrogen and oxygen atoms in total. The first-order valence-corrected chi connectivity index (χ1v) is 9.19. The number of carbonyl (C=O) groups excluding carboxylic acids is 1. The van der Waals surface area contributed by atoms with Crippen molar-refractivity contribution in [3.05, 3.63) is 80.7 Å². The molecule has 1 amide bonds. The number of alkyl halides is 2. The van der Waals surface area contributed by atoms with Crippen LogP contribution in [0, 0.1) is 5.82 Å². The zero-order valence-corrected chi connectivity index (χ0v) is 16.6. The average Bonchev–Trinajstić information content (AvgIpc) is 2.73. The molecule has 0 spiro atoms. The van der Waals surface area contributed by atoms with Crippen molar-refractivity contribution in [1.29, 1.82) is 0 Å². The number of hydrogen-bond donors (Lipinski definition) is 2. The Morgan fingerprint density at radius 3 is 2.74 bits per heavy atom.